The van der Waals surface area contributed by atoms with Gasteiger partial charge in [-0.1, -0.05) is 18.2 Å². The van der Waals surface area contributed by atoms with Crippen LogP contribution < -0.4 is 10.5 Å². The topological polar surface area (TPSA) is 65.2 Å². The average molecular weight is 391 g/mol. The second-order valence-electron chi connectivity index (χ2n) is 5.07. The van der Waals surface area contributed by atoms with Crippen molar-refractivity contribution < 1.29 is 9.53 Å². The van der Waals surface area contributed by atoms with E-state index < -0.39 is 5.91 Å². The summed E-state index contributed by atoms with van der Waals surface area (Å²) in [6.07, 6.45) is 2.34. The Bertz CT molecular complexity index is 822. The first kappa shape index (κ1) is 16.0. The van der Waals surface area contributed by atoms with Gasteiger partial charge in [-0.05, 0) is 58.6 Å². The van der Waals surface area contributed by atoms with Crippen LogP contribution in [0.5, 0.6) is 5.75 Å². The maximum Gasteiger partial charge on any atom is 0.248 e. The Morgan fingerprint density at radius 1 is 1.26 bits per heavy atom. The maximum atomic E-state index is 10.8. The zero-order valence-electron chi connectivity index (χ0n) is 12.3. The molecule has 0 radical (unpaired) electrons. The van der Waals surface area contributed by atoms with Gasteiger partial charge in [0.05, 0.1) is 16.8 Å². The molecule has 1 aliphatic heterocycles. The number of halogens is 1. The Hall–Kier alpha value is -1.92. The van der Waals surface area contributed by atoms with Crippen molar-refractivity contribution in [1.82, 2.24) is 4.98 Å². The van der Waals surface area contributed by atoms with E-state index in [-0.39, 0.29) is 0 Å². The predicted molar refractivity (Wildman–Crippen MR) is 96.1 cm³/mol. The molecule has 0 saturated heterocycles. The van der Waals surface area contributed by atoms with Crippen molar-refractivity contribution >= 4 is 43.4 Å². The summed E-state index contributed by atoms with van der Waals surface area (Å²) in [6.45, 7) is 0.886. The number of amides is 1. The van der Waals surface area contributed by atoms with Gasteiger partial charge in [0.1, 0.15) is 5.75 Å². The van der Waals surface area contributed by atoms with E-state index in [9.17, 15) is 4.79 Å². The summed E-state index contributed by atoms with van der Waals surface area (Å²) in [5.74, 6) is 0.667. The summed E-state index contributed by atoms with van der Waals surface area (Å²) >= 11 is 4.76. The molecule has 4 nitrogen and oxygen atoms in total. The van der Waals surface area contributed by atoms with Crippen LogP contribution >= 0.6 is 27.3 Å². The highest BCUT2D eigenvalue weighted by atomic mass is 79.9. The summed E-state index contributed by atoms with van der Waals surface area (Å²) in [7, 11) is 0. The molecular formula is C17H15BrN2O2S. The third kappa shape index (κ3) is 3.89. The first-order chi connectivity index (χ1) is 11.1. The van der Waals surface area contributed by atoms with Crippen molar-refractivity contribution in [1.29, 1.82) is 0 Å². The van der Waals surface area contributed by atoms with E-state index in [0.29, 0.717) is 5.56 Å². The number of carbonyl (C=O) groups excluding carboxylic acids is 1. The van der Waals surface area contributed by atoms with E-state index in [4.69, 9.17) is 10.5 Å². The number of rotatable bonds is 1. The number of benzene rings is 2. The molecule has 0 spiro atoms. The minimum absolute atomic E-state index is 0.411. The molecule has 3 aromatic rings. The Labute approximate surface area is 146 Å². The number of nitrogens with zero attached hydrogens (tertiary/aromatic N) is 1. The zero-order chi connectivity index (χ0) is 16.2. The number of carbonyl (C=O) groups is 1. The molecule has 0 aliphatic carbocycles. The van der Waals surface area contributed by atoms with Gasteiger partial charge in [-0.2, -0.15) is 0 Å². The minimum Gasteiger partial charge on any atom is -0.493 e. The maximum absolute atomic E-state index is 10.8. The molecule has 1 amide bonds. The molecule has 1 aliphatic rings. The average Bonchev–Trinajstić information content (AvgIpc) is 2.94. The van der Waals surface area contributed by atoms with Gasteiger partial charge >= 0.3 is 0 Å². The highest BCUT2D eigenvalue weighted by Crippen LogP contribution is 2.26. The number of ether oxygens (including phenoxy) is 1. The standard InChI is InChI=1S/C9H10O.C8H5BrN2OS/c1-2-6-9-8(4-1)5-3-7-10-9;9-8-11-5-2-1-4(7(10)12)3-6(5)13-8/h1-2,4,6H,3,5,7H2;1-3H,(H2,10,12). The fourth-order valence-corrected chi connectivity index (χ4v) is 3.79. The van der Waals surface area contributed by atoms with Gasteiger partial charge in [0.15, 0.2) is 3.92 Å². The Morgan fingerprint density at radius 3 is 2.87 bits per heavy atom. The zero-order valence-corrected chi connectivity index (χ0v) is 14.7. The minimum atomic E-state index is -0.411. The monoisotopic (exact) mass is 390 g/mol. The van der Waals surface area contributed by atoms with Gasteiger partial charge in [-0.15, -0.1) is 11.3 Å². The molecule has 2 aromatic carbocycles. The molecule has 2 heterocycles. The lowest BCUT2D eigenvalue weighted by atomic mass is 10.1. The molecule has 6 heteroatoms. The van der Waals surface area contributed by atoms with E-state index in [1.807, 2.05) is 12.1 Å². The summed E-state index contributed by atoms with van der Waals surface area (Å²) < 4.78 is 7.19. The van der Waals surface area contributed by atoms with Gasteiger partial charge in [0.25, 0.3) is 0 Å². The lowest BCUT2D eigenvalue weighted by Crippen LogP contribution is -2.10. The number of hydrogen-bond acceptors (Lipinski definition) is 4. The summed E-state index contributed by atoms with van der Waals surface area (Å²) in [6, 6.07) is 13.5. The van der Waals surface area contributed by atoms with E-state index >= 15 is 0 Å². The number of hydrogen-bond donors (Lipinski definition) is 1. The Balaban J connectivity index is 0.000000140. The van der Waals surface area contributed by atoms with Crippen molar-refractivity contribution in [3.05, 3.63) is 57.5 Å². The van der Waals surface area contributed by atoms with Crippen LogP contribution in [-0.4, -0.2) is 17.5 Å². The molecule has 0 atom stereocenters. The number of aryl methyl sites for hydroxylation is 1. The number of aromatic nitrogens is 1. The number of fused-ring (bicyclic) bond motifs is 2. The fourth-order valence-electron chi connectivity index (χ4n) is 2.35. The van der Waals surface area contributed by atoms with Crippen LogP contribution in [0.1, 0.15) is 22.3 Å². The highest BCUT2D eigenvalue weighted by molar-refractivity contribution is 9.11. The predicted octanol–water partition coefficient (Wildman–Crippen LogP) is 4.17. The van der Waals surface area contributed by atoms with Crippen molar-refractivity contribution in [2.45, 2.75) is 12.8 Å². The van der Waals surface area contributed by atoms with Crippen molar-refractivity contribution in [3.8, 4) is 5.75 Å². The number of primary amides is 1. The van der Waals surface area contributed by atoms with Crippen molar-refractivity contribution in [2.24, 2.45) is 5.73 Å². The first-order valence-corrected chi connectivity index (χ1v) is 8.81. The molecule has 23 heavy (non-hydrogen) atoms. The van der Waals surface area contributed by atoms with Crippen LogP contribution in [0.2, 0.25) is 0 Å². The Kier molecular flexibility index (Phi) is 4.93. The van der Waals surface area contributed by atoms with Gasteiger partial charge < -0.3 is 10.5 Å². The highest BCUT2D eigenvalue weighted by Gasteiger charge is 2.07. The van der Waals surface area contributed by atoms with Crippen LogP contribution in [0.3, 0.4) is 0 Å². The van der Waals surface area contributed by atoms with Crippen molar-refractivity contribution in [2.75, 3.05) is 6.61 Å². The van der Waals surface area contributed by atoms with Gasteiger partial charge in [0.2, 0.25) is 5.91 Å². The molecular weight excluding hydrogens is 376 g/mol. The van der Waals surface area contributed by atoms with Crippen LogP contribution in [0.4, 0.5) is 0 Å². The molecule has 0 saturated carbocycles. The number of para-hydroxylation sites is 1. The molecule has 0 fully saturated rings. The van der Waals surface area contributed by atoms with Gasteiger partial charge in [-0.25, -0.2) is 4.98 Å². The van der Waals surface area contributed by atoms with E-state index in [1.165, 1.54) is 23.3 Å². The third-order valence-corrected chi connectivity index (χ3v) is 4.94. The van der Waals surface area contributed by atoms with Crippen LogP contribution in [0.25, 0.3) is 10.2 Å². The van der Waals surface area contributed by atoms with Crippen LogP contribution in [0, 0.1) is 0 Å². The molecule has 0 bridgehead atoms. The van der Waals surface area contributed by atoms with Gasteiger partial charge in [0, 0.05) is 5.56 Å². The smallest absolute Gasteiger partial charge is 0.248 e. The molecule has 1 aromatic heterocycles. The molecule has 4 rings (SSSR count). The summed E-state index contributed by atoms with van der Waals surface area (Å²) in [5, 5.41) is 0. The van der Waals surface area contributed by atoms with E-state index in [2.05, 4.69) is 33.0 Å². The van der Waals surface area contributed by atoms with E-state index in [1.54, 1.807) is 18.2 Å². The van der Waals surface area contributed by atoms with Crippen molar-refractivity contribution in [3.63, 3.8) is 0 Å². The lowest BCUT2D eigenvalue weighted by Gasteiger charge is -2.15. The summed E-state index contributed by atoms with van der Waals surface area (Å²) in [5.41, 5.74) is 7.89. The third-order valence-electron chi connectivity index (χ3n) is 3.47. The van der Waals surface area contributed by atoms with E-state index in [0.717, 1.165) is 32.9 Å². The summed E-state index contributed by atoms with van der Waals surface area (Å²) in [4.78, 5) is 15.0. The second kappa shape index (κ2) is 7.10. The number of nitrogens with two attached hydrogens (primary N) is 1. The van der Waals surface area contributed by atoms with Gasteiger partial charge in [-0.3, -0.25) is 4.79 Å². The van der Waals surface area contributed by atoms with Crippen LogP contribution in [-0.2, 0) is 6.42 Å². The fraction of sp³-hybridized carbons (Fsp3) is 0.176. The normalized spacial score (nSPS) is 12.7. The quantitative estimate of drug-likeness (QED) is 0.677. The number of thiazole rings is 1. The largest absolute Gasteiger partial charge is 0.493 e. The molecule has 2 N–H and O–H groups in total. The Morgan fingerprint density at radius 2 is 2.09 bits per heavy atom. The lowest BCUT2D eigenvalue weighted by molar-refractivity contribution is 0.100. The first-order valence-electron chi connectivity index (χ1n) is 7.20. The second-order valence-corrected chi connectivity index (χ2v) is 7.38. The molecule has 118 valence electrons. The van der Waals surface area contributed by atoms with Crippen LogP contribution in [0.15, 0.2) is 46.4 Å². The SMILES string of the molecule is NC(=O)c1ccc2nc(Br)sc2c1.c1ccc2c(c1)CCCO2. The molecule has 0 unspecified atom stereocenters.